The molecule has 140 valence electrons. The molecule has 25 heavy (non-hydrogen) atoms. The van der Waals surface area contributed by atoms with E-state index in [0.717, 1.165) is 25.7 Å². The summed E-state index contributed by atoms with van der Waals surface area (Å²) in [5, 5.41) is 22.4. The SMILES string of the molecule is CC(=O)[C@@]1(O)CCC2C3CC[C@@H]4CC(=O)CC[C@]4(C)C3[C@H](O)C[C@@]21C. The van der Waals surface area contributed by atoms with Crippen LogP contribution in [0.1, 0.15) is 72.1 Å². The zero-order valence-corrected chi connectivity index (χ0v) is 15.8. The lowest BCUT2D eigenvalue weighted by atomic mass is 9.43. The Morgan fingerprint density at radius 2 is 1.88 bits per heavy atom. The van der Waals surface area contributed by atoms with Gasteiger partial charge < -0.3 is 10.2 Å². The zero-order valence-electron chi connectivity index (χ0n) is 15.8. The summed E-state index contributed by atoms with van der Waals surface area (Å²) in [5.41, 5.74) is -1.79. The Labute approximate surface area is 150 Å². The first-order valence-electron chi connectivity index (χ1n) is 10.1. The third-order valence-corrected chi connectivity index (χ3v) is 9.15. The predicted octanol–water partition coefficient (Wildman–Crippen LogP) is 2.89. The van der Waals surface area contributed by atoms with Crippen LogP contribution in [0.25, 0.3) is 0 Å². The highest BCUT2D eigenvalue weighted by molar-refractivity contribution is 5.86. The van der Waals surface area contributed by atoms with Crippen LogP contribution in [0.3, 0.4) is 0 Å². The van der Waals surface area contributed by atoms with E-state index < -0.39 is 17.1 Å². The maximum absolute atomic E-state index is 12.3. The highest BCUT2D eigenvalue weighted by Crippen LogP contribution is 2.68. The van der Waals surface area contributed by atoms with Gasteiger partial charge in [0.25, 0.3) is 0 Å². The fraction of sp³-hybridized carbons (Fsp3) is 0.905. The fourth-order valence-corrected chi connectivity index (χ4v) is 7.75. The van der Waals surface area contributed by atoms with Crippen LogP contribution in [-0.4, -0.2) is 33.5 Å². The molecule has 0 aliphatic heterocycles. The lowest BCUT2D eigenvalue weighted by molar-refractivity contribution is -0.197. The Bertz CT molecular complexity index is 615. The van der Waals surface area contributed by atoms with Gasteiger partial charge in [0.2, 0.25) is 0 Å². The molecule has 8 atom stereocenters. The van der Waals surface area contributed by atoms with Gasteiger partial charge in [-0.25, -0.2) is 0 Å². The maximum atomic E-state index is 12.3. The van der Waals surface area contributed by atoms with E-state index in [0.29, 0.717) is 49.2 Å². The second-order valence-corrected chi connectivity index (χ2v) is 9.96. The summed E-state index contributed by atoms with van der Waals surface area (Å²) in [6.07, 6.45) is 5.67. The van der Waals surface area contributed by atoms with Crippen LogP contribution < -0.4 is 0 Å². The van der Waals surface area contributed by atoms with E-state index in [1.54, 1.807) is 0 Å². The molecule has 0 aromatic heterocycles. The van der Waals surface area contributed by atoms with Crippen LogP contribution >= 0.6 is 0 Å². The van der Waals surface area contributed by atoms with Gasteiger partial charge in [-0.15, -0.1) is 0 Å². The van der Waals surface area contributed by atoms with Gasteiger partial charge in [0, 0.05) is 18.3 Å². The smallest absolute Gasteiger partial charge is 0.161 e. The van der Waals surface area contributed by atoms with Crippen molar-refractivity contribution < 1.29 is 19.8 Å². The highest BCUT2D eigenvalue weighted by Gasteiger charge is 2.68. The molecular weight excluding hydrogens is 316 g/mol. The summed E-state index contributed by atoms with van der Waals surface area (Å²) in [6, 6.07) is 0. The number of carbonyl (C=O) groups excluding carboxylic acids is 2. The molecule has 0 bridgehead atoms. The summed E-state index contributed by atoms with van der Waals surface area (Å²) in [4.78, 5) is 24.2. The van der Waals surface area contributed by atoms with Crippen molar-refractivity contribution in [2.75, 3.05) is 0 Å². The van der Waals surface area contributed by atoms with Crippen LogP contribution in [0.15, 0.2) is 0 Å². The largest absolute Gasteiger partial charge is 0.393 e. The van der Waals surface area contributed by atoms with E-state index in [1.165, 1.54) is 6.92 Å². The van der Waals surface area contributed by atoms with Gasteiger partial charge in [0.05, 0.1) is 6.10 Å². The van der Waals surface area contributed by atoms with Crippen LogP contribution in [0.5, 0.6) is 0 Å². The van der Waals surface area contributed by atoms with Gasteiger partial charge >= 0.3 is 0 Å². The molecule has 3 unspecified atom stereocenters. The van der Waals surface area contributed by atoms with Gasteiger partial charge in [-0.05, 0) is 74.5 Å². The van der Waals surface area contributed by atoms with Crippen LogP contribution in [0.2, 0.25) is 0 Å². The average molecular weight is 348 g/mol. The minimum absolute atomic E-state index is 0.0223. The minimum atomic E-state index is -1.29. The molecule has 2 N–H and O–H groups in total. The summed E-state index contributed by atoms with van der Waals surface area (Å²) >= 11 is 0. The molecular formula is C21H32O4. The molecule has 4 saturated carbocycles. The van der Waals surface area contributed by atoms with Crippen molar-refractivity contribution >= 4 is 11.6 Å². The number of hydrogen-bond acceptors (Lipinski definition) is 4. The van der Waals surface area contributed by atoms with Crippen molar-refractivity contribution in [2.24, 2.45) is 34.5 Å². The van der Waals surface area contributed by atoms with Crippen LogP contribution in [0.4, 0.5) is 0 Å². The summed E-state index contributed by atoms with van der Waals surface area (Å²) in [5.74, 6) is 1.48. The number of Topliss-reactive ketones (excluding diaryl/α,β-unsaturated/α-hetero) is 2. The molecule has 0 saturated heterocycles. The van der Waals surface area contributed by atoms with Gasteiger partial charge in [-0.1, -0.05) is 13.8 Å². The van der Waals surface area contributed by atoms with E-state index in [1.807, 2.05) is 6.92 Å². The number of hydrogen-bond donors (Lipinski definition) is 2. The lowest BCUT2D eigenvalue weighted by Crippen LogP contribution is -2.62. The Kier molecular flexibility index (Phi) is 3.81. The molecule has 4 aliphatic rings. The van der Waals surface area contributed by atoms with Gasteiger partial charge in [0.1, 0.15) is 11.4 Å². The van der Waals surface area contributed by atoms with Gasteiger partial charge in [-0.2, -0.15) is 0 Å². The summed E-state index contributed by atoms with van der Waals surface area (Å²) in [6.45, 7) is 5.82. The fourth-order valence-electron chi connectivity index (χ4n) is 7.75. The van der Waals surface area contributed by atoms with Crippen molar-refractivity contribution in [3.63, 3.8) is 0 Å². The van der Waals surface area contributed by atoms with Crippen molar-refractivity contribution in [1.82, 2.24) is 0 Å². The topological polar surface area (TPSA) is 74.6 Å². The highest BCUT2D eigenvalue weighted by atomic mass is 16.3. The molecule has 0 radical (unpaired) electrons. The summed E-state index contributed by atoms with van der Waals surface area (Å²) in [7, 11) is 0. The van der Waals surface area contributed by atoms with Crippen LogP contribution in [0, 0.1) is 34.5 Å². The number of fused-ring (bicyclic) bond motifs is 5. The first-order chi connectivity index (χ1) is 11.6. The van der Waals surface area contributed by atoms with E-state index >= 15 is 0 Å². The number of aliphatic hydroxyl groups is 2. The standard InChI is InChI=1S/C21H32O4/c1-12(22)21(25)9-7-16-15-5-4-13-10-14(23)6-8-19(13,2)18(15)17(24)11-20(16,21)3/h13,15-18,24-25H,4-11H2,1-3H3/t13-,15?,16?,17-,18?,19+,20+,21+/m1/s1. The van der Waals surface area contributed by atoms with Crippen molar-refractivity contribution in [2.45, 2.75) is 83.8 Å². The van der Waals surface area contributed by atoms with E-state index in [2.05, 4.69) is 6.92 Å². The minimum Gasteiger partial charge on any atom is -0.393 e. The van der Waals surface area contributed by atoms with Gasteiger partial charge in [0.15, 0.2) is 5.78 Å². The average Bonchev–Trinajstić information content (AvgIpc) is 2.80. The predicted molar refractivity (Wildman–Crippen MR) is 93.8 cm³/mol. The van der Waals surface area contributed by atoms with Crippen molar-refractivity contribution in [1.29, 1.82) is 0 Å². The molecule has 4 heteroatoms. The van der Waals surface area contributed by atoms with E-state index in [-0.39, 0.29) is 17.1 Å². The number of rotatable bonds is 1. The quantitative estimate of drug-likeness (QED) is 0.764. The molecule has 0 aromatic rings. The molecule has 0 heterocycles. The Hall–Kier alpha value is -0.740. The maximum Gasteiger partial charge on any atom is 0.161 e. The first-order valence-corrected chi connectivity index (χ1v) is 10.1. The molecule has 4 rings (SSSR count). The third kappa shape index (κ3) is 2.13. The summed E-state index contributed by atoms with van der Waals surface area (Å²) < 4.78 is 0. The first kappa shape index (κ1) is 17.7. The van der Waals surface area contributed by atoms with Gasteiger partial charge in [-0.3, -0.25) is 9.59 Å². The Morgan fingerprint density at radius 1 is 1.16 bits per heavy atom. The van der Waals surface area contributed by atoms with Crippen molar-refractivity contribution in [3.05, 3.63) is 0 Å². The lowest BCUT2D eigenvalue weighted by Gasteiger charge is -2.62. The van der Waals surface area contributed by atoms with E-state index in [9.17, 15) is 19.8 Å². The Balaban J connectivity index is 1.71. The number of carbonyl (C=O) groups is 2. The normalized spacial score (nSPS) is 55.2. The Morgan fingerprint density at radius 3 is 2.56 bits per heavy atom. The third-order valence-electron chi connectivity index (χ3n) is 9.15. The number of ketones is 2. The molecule has 4 aliphatic carbocycles. The van der Waals surface area contributed by atoms with Crippen LogP contribution in [-0.2, 0) is 9.59 Å². The molecule has 0 spiro atoms. The monoisotopic (exact) mass is 348 g/mol. The molecule has 0 aromatic carbocycles. The van der Waals surface area contributed by atoms with Crippen molar-refractivity contribution in [3.8, 4) is 0 Å². The second-order valence-electron chi connectivity index (χ2n) is 9.96. The second kappa shape index (κ2) is 5.39. The molecule has 4 nitrogen and oxygen atoms in total. The van der Waals surface area contributed by atoms with E-state index in [4.69, 9.17) is 0 Å². The molecule has 4 fully saturated rings. The zero-order chi connectivity index (χ0) is 18.2. The number of aliphatic hydroxyl groups excluding tert-OH is 1. The molecule has 0 amide bonds.